The molecule has 3 nitrogen and oxygen atoms in total. The summed E-state index contributed by atoms with van der Waals surface area (Å²) in [4.78, 5) is -0.112. The molecule has 21 heavy (non-hydrogen) atoms. The van der Waals surface area contributed by atoms with E-state index < -0.39 is 23.1 Å². The van der Waals surface area contributed by atoms with Gasteiger partial charge in [0.25, 0.3) is 0 Å². The van der Waals surface area contributed by atoms with E-state index in [-0.39, 0.29) is 22.0 Å². The Balaban J connectivity index is 2.43. The highest BCUT2D eigenvalue weighted by Gasteiger charge is 2.14. The summed E-state index contributed by atoms with van der Waals surface area (Å²) in [5.41, 5.74) is 5.23. The van der Waals surface area contributed by atoms with Crippen LogP contribution in [0.15, 0.2) is 30.3 Å². The van der Waals surface area contributed by atoms with Gasteiger partial charge in [0.05, 0.1) is 12.8 Å². The van der Waals surface area contributed by atoms with E-state index >= 15 is 0 Å². The maximum atomic E-state index is 13.9. The molecule has 0 fully saturated rings. The summed E-state index contributed by atoms with van der Waals surface area (Å²) in [5, 5.41) is 2.53. The quantitative estimate of drug-likeness (QED) is 0.849. The number of anilines is 2. The SMILES string of the molecule is COc1cc(F)ccc1Nc1c(F)cc(C(N)=S)cc1F. The Morgan fingerprint density at radius 2 is 1.76 bits per heavy atom. The number of nitrogens with two attached hydrogens (primary N) is 1. The lowest BCUT2D eigenvalue weighted by Gasteiger charge is -2.13. The lowest BCUT2D eigenvalue weighted by molar-refractivity contribution is 0.413. The first-order chi connectivity index (χ1) is 9.92. The number of rotatable bonds is 4. The highest BCUT2D eigenvalue weighted by molar-refractivity contribution is 7.80. The number of thiocarbonyl (C=S) groups is 1. The van der Waals surface area contributed by atoms with Crippen LogP contribution in [0.3, 0.4) is 0 Å². The van der Waals surface area contributed by atoms with E-state index in [1.807, 2.05) is 0 Å². The molecule has 0 aliphatic heterocycles. The number of nitrogens with one attached hydrogen (secondary N) is 1. The number of halogens is 3. The summed E-state index contributed by atoms with van der Waals surface area (Å²) in [6, 6.07) is 5.59. The van der Waals surface area contributed by atoms with Crippen LogP contribution in [0.5, 0.6) is 5.75 Å². The summed E-state index contributed by atoms with van der Waals surface area (Å²) < 4.78 is 45.9. The fraction of sp³-hybridized carbons (Fsp3) is 0.0714. The second-order valence-electron chi connectivity index (χ2n) is 4.15. The highest BCUT2D eigenvalue weighted by Crippen LogP contribution is 2.31. The van der Waals surface area contributed by atoms with E-state index in [9.17, 15) is 13.2 Å². The van der Waals surface area contributed by atoms with Crippen LogP contribution in [0.25, 0.3) is 0 Å². The van der Waals surface area contributed by atoms with Gasteiger partial charge >= 0.3 is 0 Å². The normalized spacial score (nSPS) is 10.3. The van der Waals surface area contributed by atoms with Gasteiger partial charge in [0.2, 0.25) is 0 Å². The molecule has 3 N–H and O–H groups in total. The Bertz CT molecular complexity index is 684. The molecule has 2 rings (SSSR count). The van der Waals surface area contributed by atoms with Crippen LogP contribution >= 0.6 is 12.2 Å². The predicted molar refractivity (Wildman–Crippen MR) is 78.5 cm³/mol. The minimum atomic E-state index is -0.871. The first-order valence-electron chi connectivity index (χ1n) is 5.81. The van der Waals surface area contributed by atoms with E-state index in [2.05, 4.69) is 17.5 Å². The van der Waals surface area contributed by atoms with Crippen molar-refractivity contribution in [3.05, 3.63) is 53.3 Å². The Kier molecular flexibility index (Phi) is 4.32. The third kappa shape index (κ3) is 3.25. The van der Waals surface area contributed by atoms with Gasteiger partial charge in [-0.3, -0.25) is 0 Å². The molecular formula is C14H11F3N2OS. The van der Waals surface area contributed by atoms with Crippen LogP contribution < -0.4 is 15.8 Å². The molecule has 0 saturated carbocycles. The van der Waals surface area contributed by atoms with Crippen molar-refractivity contribution in [2.45, 2.75) is 0 Å². The molecule has 0 spiro atoms. The molecule has 0 radical (unpaired) electrons. The summed E-state index contributed by atoms with van der Waals surface area (Å²) in [6.45, 7) is 0. The van der Waals surface area contributed by atoms with Gasteiger partial charge in [-0.15, -0.1) is 0 Å². The highest BCUT2D eigenvalue weighted by atomic mass is 32.1. The maximum absolute atomic E-state index is 13.9. The fourth-order valence-corrected chi connectivity index (χ4v) is 1.86. The van der Waals surface area contributed by atoms with E-state index in [1.54, 1.807) is 0 Å². The lowest BCUT2D eigenvalue weighted by atomic mass is 10.1. The van der Waals surface area contributed by atoms with Crippen LogP contribution in [0.4, 0.5) is 24.5 Å². The van der Waals surface area contributed by atoms with Crippen molar-refractivity contribution < 1.29 is 17.9 Å². The number of ether oxygens (including phenoxy) is 1. The molecule has 0 aromatic heterocycles. The van der Waals surface area contributed by atoms with Gasteiger partial charge in [0.15, 0.2) is 0 Å². The van der Waals surface area contributed by atoms with E-state index in [0.717, 1.165) is 24.3 Å². The molecule has 0 bridgehead atoms. The second kappa shape index (κ2) is 6.01. The molecule has 0 aliphatic rings. The van der Waals surface area contributed by atoms with Crippen LogP contribution in [-0.4, -0.2) is 12.1 Å². The molecule has 110 valence electrons. The van der Waals surface area contributed by atoms with Gasteiger partial charge < -0.3 is 15.8 Å². The van der Waals surface area contributed by atoms with Gasteiger partial charge in [0.1, 0.15) is 33.9 Å². The monoisotopic (exact) mass is 312 g/mol. The minimum absolute atomic E-state index is 0.0802. The van der Waals surface area contributed by atoms with Gasteiger partial charge in [-0.1, -0.05) is 12.2 Å². The average Bonchev–Trinajstić information content (AvgIpc) is 2.43. The summed E-state index contributed by atoms with van der Waals surface area (Å²) in [7, 11) is 1.32. The van der Waals surface area contributed by atoms with Crippen LogP contribution in [0, 0.1) is 17.5 Å². The van der Waals surface area contributed by atoms with Crippen molar-refractivity contribution in [1.29, 1.82) is 0 Å². The molecule has 0 amide bonds. The van der Waals surface area contributed by atoms with Crippen LogP contribution in [0.2, 0.25) is 0 Å². The van der Waals surface area contributed by atoms with Crippen molar-refractivity contribution in [2.75, 3.05) is 12.4 Å². The summed E-state index contributed by atoms with van der Waals surface area (Å²) >= 11 is 4.67. The zero-order valence-corrected chi connectivity index (χ0v) is 11.7. The number of methoxy groups -OCH3 is 1. The summed E-state index contributed by atoms with van der Waals surface area (Å²) in [5.74, 6) is -2.15. The maximum Gasteiger partial charge on any atom is 0.150 e. The molecule has 0 aliphatic carbocycles. The van der Waals surface area contributed by atoms with Gasteiger partial charge in [-0.05, 0) is 24.3 Å². The van der Waals surface area contributed by atoms with E-state index in [0.29, 0.717) is 0 Å². The van der Waals surface area contributed by atoms with Crippen molar-refractivity contribution in [3.63, 3.8) is 0 Å². The lowest BCUT2D eigenvalue weighted by Crippen LogP contribution is -2.11. The molecule has 2 aromatic rings. The predicted octanol–water partition coefficient (Wildman–Crippen LogP) is 3.49. The molecule has 0 atom stereocenters. The van der Waals surface area contributed by atoms with Gasteiger partial charge in [0, 0.05) is 11.6 Å². The van der Waals surface area contributed by atoms with E-state index in [1.165, 1.54) is 13.2 Å². The molecule has 7 heteroatoms. The third-order valence-electron chi connectivity index (χ3n) is 2.75. The van der Waals surface area contributed by atoms with Crippen LogP contribution in [0.1, 0.15) is 5.56 Å². The molecule has 0 heterocycles. The van der Waals surface area contributed by atoms with Crippen molar-refractivity contribution >= 4 is 28.6 Å². The summed E-state index contributed by atoms with van der Waals surface area (Å²) in [6.07, 6.45) is 0. The molecule has 0 unspecified atom stereocenters. The first kappa shape index (κ1) is 15.1. The van der Waals surface area contributed by atoms with Gasteiger partial charge in [-0.25, -0.2) is 13.2 Å². The largest absolute Gasteiger partial charge is 0.494 e. The standard InChI is InChI=1S/C14H11F3N2OS/c1-20-12-6-8(15)2-3-11(12)19-13-9(16)4-7(14(18)21)5-10(13)17/h2-6,19H,1H3,(H2,18,21). The smallest absolute Gasteiger partial charge is 0.150 e. The zero-order chi connectivity index (χ0) is 15.6. The van der Waals surface area contributed by atoms with Crippen molar-refractivity contribution in [1.82, 2.24) is 0 Å². The fourth-order valence-electron chi connectivity index (χ4n) is 1.74. The number of benzene rings is 2. The Morgan fingerprint density at radius 1 is 1.14 bits per heavy atom. The first-order valence-corrected chi connectivity index (χ1v) is 6.22. The Morgan fingerprint density at radius 3 is 2.29 bits per heavy atom. The van der Waals surface area contributed by atoms with Crippen molar-refractivity contribution in [3.8, 4) is 5.75 Å². The van der Waals surface area contributed by atoms with Gasteiger partial charge in [-0.2, -0.15) is 0 Å². The van der Waals surface area contributed by atoms with Crippen LogP contribution in [-0.2, 0) is 0 Å². The molecule has 2 aromatic carbocycles. The zero-order valence-electron chi connectivity index (χ0n) is 10.9. The Hall–Kier alpha value is -2.28. The van der Waals surface area contributed by atoms with Crippen molar-refractivity contribution in [2.24, 2.45) is 5.73 Å². The Labute approximate surface area is 124 Å². The minimum Gasteiger partial charge on any atom is -0.494 e. The second-order valence-corrected chi connectivity index (χ2v) is 4.59. The number of hydrogen-bond acceptors (Lipinski definition) is 3. The number of hydrogen-bond donors (Lipinski definition) is 2. The molecular weight excluding hydrogens is 301 g/mol. The average molecular weight is 312 g/mol. The molecule has 0 saturated heterocycles. The third-order valence-corrected chi connectivity index (χ3v) is 2.99. The topological polar surface area (TPSA) is 47.3 Å². The van der Waals surface area contributed by atoms with E-state index in [4.69, 9.17) is 10.5 Å².